The Kier molecular flexibility index (Phi) is 6.83. The van der Waals surface area contributed by atoms with Crippen LogP contribution in [-0.2, 0) is 0 Å². The molecule has 1 nitrogen and oxygen atoms in total. The summed E-state index contributed by atoms with van der Waals surface area (Å²) in [6.45, 7) is 2.16. The van der Waals surface area contributed by atoms with Crippen LogP contribution in [0.3, 0.4) is 0 Å². The lowest BCUT2D eigenvalue weighted by atomic mass is 10.1. The summed E-state index contributed by atoms with van der Waals surface area (Å²) in [7, 11) is 0. The number of hydrogen-bond donors (Lipinski definition) is 1. The second kappa shape index (κ2) is 6.94. The van der Waals surface area contributed by atoms with Crippen molar-refractivity contribution >= 4 is 11.6 Å². The summed E-state index contributed by atoms with van der Waals surface area (Å²) >= 11 is 5.25. The molecular weight excluding hydrogens is 148 g/mol. The molecule has 0 aliphatic heterocycles. The largest absolute Gasteiger partial charge is 0.511 e. The third-order valence-corrected chi connectivity index (χ3v) is 1.66. The van der Waals surface area contributed by atoms with Gasteiger partial charge in [-0.05, 0) is 6.42 Å². The molecule has 0 atom stereocenters. The Hall–Kier alpha value is -0.170. The minimum atomic E-state index is 0.303. The molecule has 0 fully saturated rings. The zero-order chi connectivity index (χ0) is 7.82. The first-order valence-electron chi connectivity index (χ1n) is 3.79. The normalized spacial score (nSPS) is 12.0. The lowest BCUT2D eigenvalue weighted by Gasteiger charge is -1.96. The third-order valence-electron chi connectivity index (χ3n) is 1.41. The lowest BCUT2D eigenvalue weighted by Crippen LogP contribution is -1.80. The molecule has 0 amide bonds. The van der Waals surface area contributed by atoms with Crippen LogP contribution >= 0.6 is 11.6 Å². The highest BCUT2D eigenvalue weighted by Crippen LogP contribution is 2.07. The summed E-state index contributed by atoms with van der Waals surface area (Å²) in [4.78, 5) is 0. The van der Waals surface area contributed by atoms with Crippen LogP contribution in [0.2, 0.25) is 0 Å². The first-order valence-corrected chi connectivity index (χ1v) is 4.23. The molecule has 0 aromatic heterocycles. The molecule has 0 spiro atoms. The Morgan fingerprint density at radius 3 is 2.60 bits per heavy atom. The van der Waals surface area contributed by atoms with Crippen molar-refractivity contribution in [3.8, 4) is 0 Å². The van der Waals surface area contributed by atoms with Crippen LogP contribution in [-0.4, -0.2) is 5.11 Å². The highest BCUT2D eigenvalue weighted by atomic mass is 35.5. The molecule has 0 heterocycles. The fourth-order valence-corrected chi connectivity index (χ4v) is 0.897. The molecular formula is C8H15ClO. The molecule has 0 saturated carbocycles. The van der Waals surface area contributed by atoms with Crippen molar-refractivity contribution in [3.63, 3.8) is 0 Å². The van der Waals surface area contributed by atoms with E-state index in [9.17, 15) is 0 Å². The predicted octanol–water partition coefficient (Wildman–Crippen LogP) is 3.60. The lowest BCUT2D eigenvalue weighted by molar-refractivity contribution is 0.382. The molecule has 60 valence electrons. The van der Waals surface area contributed by atoms with Crippen LogP contribution in [0.5, 0.6) is 0 Å². The first-order chi connectivity index (χ1) is 4.81. The molecule has 0 bridgehead atoms. The second-order valence-corrected chi connectivity index (χ2v) is 2.63. The van der Waals surface area contributed by atoms with Crippen molar-refractivity contribution in [3.05, 3.63) is 11.3 Å². The van der Waals surface area contributed by atoms with E-state index in [1.54, 1.807) is 0 Å². The monoisotopic (exact) mass is 162 g/mol. The summed E-state index contributed by atoms with van der Waals surface area (Å²) in [5, 5.41) is 8.89. The Bertz CT molecular complexity index is 99.4. The van der Waals surface area contributed by atoms with Gasteiger partial charge in [-0.2, -0.15) is 0 Å². The average Bonchev–Trinajstić information content (AvgIpc) is 1.98. The molecule has 0 rings (SSSR count). The Balaban J connectivity index is 3.04. The SMILES string of the molecule is CCCCCCC(O)=CCl. The van der Waals surface area contributed by atoms with Gasteiger partial charge in [-0.1, -0.05) is 37.8 Å². The fraction of sp³-hybridized carbons (Fsp3) is 0.750. The third kappa shape index (κ3) is 5.96. The van der Waals surface area contributed by atoms with E-state index in [4.69, 9.17) is 16.7 Å². The van der Waals surface area contributed by atoms with E-state index in [1.807, 2.05) is 0 Å². The maximum Gasteiger partial charge on any atom is 0.103 e. The highest BCUT2D eigenvalue weighted by Gasteiger charge is 1.91. The summed E-state index contributed by atoms with van der Waals surface area (Å²) in [5.41, 5.74) is 1.24. The maximum absolute atomic E-state index is 8.89. The highest BCUT2D eigenvalue weighted by molar-refractivity contribution is 6.25. The van der Waals surface area contributed by atoms with E-state index in [1.165, 1.54) is 24.8 Å². The van der Waals surface area contributed by atoms with Crippen molar-refractivity contribution in [2.24, 2.45) is 0 Å². The molecule has 10 heavy (non-hydrogen) atoms. The number of allylic oxidation sites excluding steroid dienone is 1. The number of hydrogen-bond acceptors (Lipinski definition) is 1. The van der Waals surface area contributed by atoms with Crippen molar-refractivity contribution < 1.29 is 5.11 Å². The first kappa shape index (κ1) is 9.83. The van der Waals surface area contributed by atoms with Crippen molar-refractivity contribution in [1.82, 2.24) is 0 Å². The van der Waals surface area contributed by atoms with Gasteiger partial charge in [0.25, 0.3) is 0 Å². The summed E-state index contributed by atoms with van der Waals surface area (Å²) in [6, 6.07) is 0. The minimum absolute atomic E-state index is 0.303. The van der Waals surface area contributed by atoms with Gasteiger partial charge in [0, 0.05) is 12.0 Å². The van der Waals surface area contributed by atoms with Crippen LogP contribution < -0.4 is 0 Å². The van der Waals surface area contributed by atoms with Crippen LogP contribution in [0.15, 0.2) is 11.3 Å². The molecule has 0 aromatic rings. The van der Waals surface area contributed by atoms with Gasteiger partial charge in [0.1, 0.15) is 5.76 Å². The number of aliphatic hydroxyl groups excluding tert-OH is 1. The van der Waals surface area contributed by atoms with Gasteiger partial charge in [0.2, 0.25) is 0 Å². The standard InChI is InChI=1S/C8H15ClO/c1-2-3-4-5-6-8(10)7-9/h7,10H,2-6H2,1H3. The van der Waals surface area contributed by atoms with Gasteiger partial charge in [-0.25, -0.2) is 0 Å². The van der Waals surface area contributed by atoms with Gasteiger partial charge >= 0.3 is 0 Å². The maximum atomic E-state index is 8.89. The van der Waals surface area contributed by atoms with Gasteiger partial charge in [-0.3, -0.25) is 0 Å². The molecule has 0 unspecified atom stereocenters. The topological polar surface area (TPSA) is 20.2 Å². The van der Waals surface area contributed by atoms with E-state index < -0.39 is 0 Å². The van der Waals surface area contributed by atoms with Crippen LogP contribution in [0.25, 0.3) is 0 Å². The molecule has 0 aromatic carbocycles. The van der Waals surface area contributed by atoms with E-state index in [2.05, 4.69) is 6.92 Å². The van der Waals surface area contributed by atoms with Crippen molar-refractivity contribution in [1.29, 1.82) is 0 Å². The van der Waals surface area contributed by atoms with E-state index in [0.29, 0.717) is 5.76 Å². The van der Waals surface area contributed by atoms with Gasteiger partial charge in [0.05, 0.1) is 0 Å². The smallest absolute Gasteiger partial charge is 0.103 e. The average molecular weight is 163 g/mol. The zero-order valence-corrected chi connectivity index (χ0v) is 7.19. The van der Waals surface area contributed by atoms with Gasteiger partial charge < -0.3 is 5.11 Å². The van der Waals surface area contributed by atoms with E-state index >= 15 is 0 Å². The Morgan fingerprint density at radius 1 is 1.40 bits per heavy atom. The predicted molar refractivity (Wildman–Crippen MR) is 45.3 cm³/mol. The Morgan fingerprint density at radius 2 is 2.10 bits per heavy atom. The van der Waals surface area contributed by atoms with Crippen molar-refractivity contribution in [2.75, 3.05) is 0 Å². The van der Waals surface area contributed by atoms with Gasteiger partial charge in [-0.15, -0.1) is 0 Å². The number of rotatable bonds is 5. The number of unbranched alkanes of at least 4 members (excludes halogenated alkanes) is 3. The quantitative estimate of drug-likeness (QED) is 0.484. The zero-order valence-electron chi connectivity index (χ0n) is 6.44. The van der Waals surface area contributed by atoms with Gasteiger partial charge in [0.15, 0.2) is 0 Å². The molecule has 2 heteroatoms. The molecule has 0 aliphatic rings. The van der Waals surface area contributed by atoms with Crippen LogP contribution in [0.1, 0.15) is 39.0 Å². The van der Waals surface area contributed by atoms with Crippen LogP contribution in [0.4, 0.5) is 0 Å². The molecule has 1 N–H and O–H groups in total. The summed E-state index contributed by atoms with van der Waals surface area (Å²) < 4.78 is 0. The second-order valence-electron chi connectivity index (χ2n) is 2.41. The minimum Gasteiger partial charge on any atom is -0.511 e. The van der Waals surface area contributed by atoms with Crippen molar-refractivity contribution in [2.45, 2.75) is 39.0 Å². The van der Waals surface area contributed by atoms with E-state index in [0.717, 1.165) is 12.8 Å². The number of aliphatic hydroxyl groups is 1. The number of halogens is 1. The summed E-state index contributed by atoms with van der Waals surface area (Å²) in [6.07, 6.45) is 5.43. The van der Waals surface area contributed by atoms with Crippen LogP contribution in [0, 0.1) is 0 Å². The molecule has 0 radical (unpaired) electrons. The fourth-order valence-electron chi connectivity index (χ4n) is 0.787. The molecule has 0 aliphatic carbocycles. The molecule has 0 saturated heterocycles. The van der Waals surface area contributed by atoms with E-state index in [-0.39, 0.29) is 0 Å². The summed E-state index contributed by atoms with van der Waals surface area (Å²) in [5.74, 6) is 0.303. The Labute approximate surface area is 67.7 Å².